The fourth-order valence-corrected chi connectivity index (χ4v) is 7.31. The number of sulfonamides is 1. The maximum absolute atomic E-state index is 14.5. The fourth-order valence-electron chi connectivity index (χ4n) is 5.40. The molecule has 2 heterocycles. The molecule has 5 rings (SSSR count). The smallest absolute Gasteiger partial charge is 0.314 e. The summed E-state index contributed by atoms with van der Waals surface area (Å²) in [5.41, 5.74) is 11.6. The maximum atomic E-state index is 14.5. The van der Waals surface area contributed by atoms with Crippen LogP contribution in [0.15, 0.2) is 102 Å². The highest BCUT2D eigenvalue weighted by Crippen LogP contribution is 2.44. The number of nitrogens with two attached hydrogens (primary N) is 2. The van der Waals surface area contributed by atoms with E-state index in [-0.39, 0.29) is 30.0 Å². The third-order valence-electron chi connectivity index (χ3n) is 7.10. The van der Waals surface area contributed by atoms with Gasteiger partial charge in [-0.25, -0.2) is 13.2 Å². The number of hydrogen-bond acceptors (Lipinski definition) is 5. The predicted octanol–water partition coefficient (Wildman–Crippen LogP) is 2.68. The van der Waals surface area contributed by atoms with Crippen molar-refractivity contribution in [1.82, 2.24) is 14.2 Å². The molecule has 0 aliphatic carbocycles. The van der Waals surface area contributed by atoms with E-state index in [1.807, 2.05) is 60.7 Å². The van der Waals surface area contributed by atoms with Gasteiger partial charge in [-0.1, -0.05) is 78.9 Å². The van der Waals surface area contributed by atoms with E-state index in [0.29, 0.717) is 16.5 Å². The first-order valence-electron chi connectivity index (χ1n) is 12.1. The third-order valence-corrected chi connectivity index (χ3v) is 9.07. The van der Waals surface area contributed by atoms with Crippen LogP contribution in [0.2, 0.25) is 0 Å². The molecule has 0 radical (unpaired) electrons. The summed E-state index contributed by atoms with van der Waals surface area (Å²) >= 11 is 0. The first-order chi connectivity index (χ1) is 18.3. The molecule has 1 atom stereocenters. The van der Waals surface area contributed by atoms with E-state index in [0.717, 1.165) is 4.31 Å². The normalized spacial score (nSPS) is 18.5. The molecule has 0 saturated carbocycles. The summed E-state index contributed by atoms with van der Waals surface area (Å²) in [5.74, 6) is -1.74. The molecule has 1 aliphatic rings. The average Bonchev–Trinajstić information content (AvgIpc) is 2.93. The van der Waals surface area contributed by atoms with E-state index < -0.39 is 33.4 Å². The van der Waals surface area contributed by atoms with Gasteiger partial charge in [-0.15, -0.1) is 0 Å². The van der Waals surface area contributed by atoms with Crippen molar-refractivity contribution in [2.24, 2.45) is 11.5 Å². The second kappa shape index (κ2) is 9.88. The summed E-state index contributed by atoms with van der Waals surface area (Å²) in [6, 6.07) is 25.7. The summed E-state index contributed by atoms with van der Waals surface area (Å²) in [6.07, 6.45) is 1.52. The van der Waals surface area contributed by atoms with E-state index in [1.54, 1.807) is 24.3 Å². The molecule has 194 valence electrons. The maximum Gasteiger partial charge on any atom is 0.314 e. The predicted molar refractivity (Wildman–Crippen MR) is 143 cm³/mol. The topological polar surface area (TPSA) is 140 Å². The van der Waals surface area contributed by atoms with E-state index >= 15 is 0 Å². The highest BCUT2D eigenvalue weighted by molar-refractivity contribution is 7.89. The van der Waals surface area contributed by atoms with Crippen molar-refractivity contribution in [3.05, 3.63) is 108 Å². The minimum atomic E-state index is -4.36. The number of rotatable bonds is 6. The first kappa shape index (κ1) is 25.4. The van der Waals surface area contributed by atoms with Gasteiger partial charge in [0.15, 0.2) is 0 Å². The number of amides is 3. The zero-order valence-corrected chi connectivity index (χ0v) is 21.3. The zero-order chi connectivity index (χ0) is 26.9. The number of carbonyl (C=O) groups excluding carboxylic acids is 2. The molecule has 0 spiro atoms. The van der Waals surface area contributed by atoms with Crippen LogP contribution in [-0.2, 0) is 14.8 Å². The van der Waals surface area contributed by atoms with Gasteiger partial charge in [0.05, 0.1) is 12.1 Å². The lowest BCUT2D eigenvalue weighted by atomic mass is 9.73. The van der Waals surface area contributed by atoms with Crippen LogP contribution in [0.5, 0.6) is 0 Å². The Labute approximate surface area is 220 Å². The summed E-state index contributed by atoms with van der Waals surface area (Å²) in [4.78, 5) is 31.6. The second-order valence-electron chi connectivity index (χ2n) is 9.21. The van der Waals surface area contributed by atoms with Crippen LogP contribution in [0.3, 0.4) is 0 Å². The van der Waals surface area contributed by atoms with Crippen LogP contribution in [0.1, 0.15) is 17.0 Å². The Kier molecular flexibility index (Phi) is 6.60. The van der Waals surface area contributed by atoms with Gasteiger partial charge in [-0.2, -0.15) is 4.31 Å². The first-order valence-corrected chi connectivity index (χ1v) is 13.5. The number of hydrogen-bond donors (Lipinski definition) is 2. The monoisotopic (exact) mass is 529 g/mol. The summed E-state index contributed by atoms with van der Waals surface area (Å²) in [5, 5.41) is 0.636. The van der Waals surface area contributed by atoms with Gasteiger partial charge in [-0.3, -0.25) is 9.78 Å². The molecule has 1 aromatic heterocycles. The molecule has 10 heteroatoms. The van der Waals surface area contributed by atoms with Gasteiger partial charge in [0.25, 0.3) is 0 Å². The lowest BCUT2D eigenvalue weighted by molar-refractivity contribution is -0.130. The minimum absolute atomic E-state index is 0.00190. The van der Waals surface area contributed by atoms with Crippen molar-refractivity contribution >= 4 is 32.9 Å². The van der Waals surface area contributed by atoms with Crippen molar-refractivity contribution in [3.8, 4) is 0 Å². The zero-order valence-electron chi connectivity index (χ0n) is 20.5. The second-order valence-corrected chi connectivity index (χ2v) is 11.0. The number of piperazine rings is 1. The van der Waals surface area contributed by atoms with Gasteiger partial charge in [0.2, 0.25) is 15.9 Å². The van der Waals surface area contributed by atoms with Gasteiger partial charge >= 0.3 is 6.03 Å². The van der Waals surface area contributed by atoms with Crippen molar-refractivity contribution in [1.29, 1.82) is 0 Å². The van der Waals surface area contributed by atoms with E-state index in [9.17, 15) is 18.0 Å². The molecular formula is C28H27N5O4S. The number of carbonyl (C=O) groups is 2. The summed E-state index contributed by atoms with van der Waals surface area (Å²) in [6.45, 7) is -0.505. The van der Waals surface area contributed by atoms with Crippen molar-refractivity contribution in [2.45, 2.75) is 16.4 Å². The Bertz CT molecular complexity index is 1550. The lowest BCUT2D eigenvalue weighted by Gasteiger charge is -2.51. The van der Waals surface area contributed by atoms with Crippen LogP contribution in [0.4, 0.5) is 4.79 Å². The molecule has 1 saturated heterocycles. The summed E-state index contributed by atoms with van der Waals surface area (Å²) < 4.78 is 30.2. The van der Waals surface area contributed by atoms with E-state index in [4.69, 9.17) is 11.5 Å². The highest BCUT2D eigenvalue weighted by atomic mass is 32.2. The molecule has 3 amide bonds. The Morgan fingerprint density at radius 3 is 2.00 bits per heavy atom. The molecule has 1 aliphatic heterocycles. The van der Waals surface area contributed by atoms with E-state index in [1.165, 1.54) is 17.2 Å². The molecule has 3 aromatic carbocycles. The Hall–Kier alpha value is -4.28. The molecule has 4 aromatic rings. The number of urea groups is 1. The molecular weight excluding hydrogens is 502 g/mol. The van der Waals surface area contributed by atoms with Crippen LogP contribution in [0.25, 0.3) is 10.9 Å². The van der Waals surface area contributed by atoms with Gasteiger partial charge in [0.1, 0.15) is 10.4 Å². The molecule has 9 nitrogen and oxygen atoms in total. The number of pyridine rings is 1. The molecule has 38 heavy (non-hydrogen) atoms. The molecule has 1 fully saturated rings. The highest BCUT2D eigenvalue weighted by Gasteiger charge is 2.58. The number of benzene rings is 3. The van der Waals surface area contributed by atoms with E-state index in [2.05, 4.69) is 4.98 Å². The number of para-hydroxylation sites is 1. The van der Waals surface area contributed by atoms with Crippen LogP contribution in [0, 0.1) is 0 Å². The molecule has 1 unspecified atom stereocenters. The van der Waals surface area contributed by atoms with Gasteiger partial charge < -0.3 is 16.4 Å². The van der Waals surface area contributed by atoms with Gasteiger partial charge in [0, 0.05) is 30.6 Å². The Morgan fingerprint density at radius 2 is 1.42 bits per heavy atom. The number of fused-ring (bicyclic) bond motifs is 1. The lowest BCUT2D eigenvalue weighted by Crippen LogP contribution is -2.72. The van der Waals surface area contributed by atoms with Crippen molar-refractivity contribution < 1.29 is 18.0 Å². The molecule has 4 N–H and O–H groups in total. The number of nitrogens with zero attached hydrogens (tertiary/aromatic N) is 3. The summed E-state index contributed by atoms with van der Waals surface area (Å²) in [7, 11) is -4.36. The van der Waals surface area contributed by atoms with Crippen LogP contribution < -0.4 is 11.5 Å². The van der Waals surface area contributed by atoms with Crippen LogP contribution in [-0.4, -0.2) is 59.7 Å². The average molecular weight is 530 g/mol. The fraction of sp³-hybridized carbons (Fsp3) is 0.179. The van der Waals surface area contributed by atoms with Gasteiger partial charge in [-0.05, 0) is 23.3 Å². The third kappa shape index (κ3) is 4.17. The number of primary amides is 2. The SMILES string of the molecule is NC(=O)N1CCN(S(=O)(=O)c2cccc3cccnc23)C(C(N)=O)(C(c2ccccc2)c2ccccc2)C1. The quantitative estimate of drug-likeness (QED) is 0.395. The van der Waals surface area contributed by atoms with Crippen molar-refractivity contribution in [2.75, 3.05) is 19.6 Å². The Balaban J connectivity index is 1.81. The van der Waals surface area contributed by atoms with Crippen LogP contribution >= 0.6 is 0 Å². The van der Waals surface area contributed by atoms with Crippen molar-refractivity contribution in [3.63, 3.8) is 0 Å². The molecule has 0 bridgehead atoms. The number of aromatic nitrogens is 1. The largest absolute Gasteiger partial charge is 0.368 e. The minimum Gasteiger partial charge on any atom is -0.368 e. The Morgan fingerprint density at radius 1 is 0.816 bits per heavy atom. The standard InChI is InChI=1S/C28H27N5O4S/c29-26(34)28(24(20-9-3-1-4-10-20)21-11-5-2-6-12-21)19-32(27(30)35)17-18-33(28)38(36,37)23-15-7-13-22-14-8-16-31-25(22)23/h1-16,24H,17-19H2,(H2,29,34)(H2,30,35).